The standard InChI is InChI=1S/C37H43N3O7S/c1-6-27(2)38-37(42)33(23-28-14-9-7-10-15-28)39(25-29-16-13-17-31(22-29)45-3)36(41)26-40(48(43,44)32-18-11-8-12-19-32)30-20-21-34(46-4)35(24-30)47-5/h7-22,24,27,33H,6,23,25-26H2,1-5H3,(H,38,42)/t27-,33-/m0/s1. The van der Waals surface area contributed by atoms with Gasteiger partial charge in [0.2, 0.25) is 11.8 Å². The van der Waals surface area contributed by atoms with Gasteiger partial charge in [0.25, 0.3) is 10.0 Å². The van der Waals surface area contributed by atoms with Gasteiger partial charge in [-0.2, -0.15) is 0 Å². The lowest BCUT2D eigenvalue weighted by Gasteiger charge is -2.34. The van der Waals surface area contributed by atoms with Crippen LogP contribution in [0, 0.1) is 0 Å². The van der Waals surface area contributed by atoms with Crippen LogP contribution < -0.4 is 23.8 Å². The zero-order valence-corrected chi connectivity index (χ0v) is 28.8. The normalized spacial score (nSPS) is 12.4. The third-order valence-electron chi connectivity index (χ3n) is 8.02. The number of nitrogens with zero attached hydrogens (tertiary/aromatic N) is 2. The molecule has 0 heterocycles. The van der Waals surface area contributed by atoms with Crippen LogP contribution in [0.4, 0.5) is 5.69 Å². The monoisotopic (exact) mass is 673 g/mol. The van der Waals surface area contributed by atoms with Crippen molar-refractivity contribution >= 4 is 27.5 Å². The quantitative estimate of drug-likeness (QED) is 0.168. The summed E-state index contributed by atoms with van der Waals surface area (Å²) in [5, 5.41) is 3.04. The first kappa shape index (κ1) is 35.8. The van der Waals surface area contributed by atoms with Gasteiger partial charge in [-0.3, -0.25) is 13.9 Å². The van der Waals surface area contributed by atoms with E-state index in [1.807, 2.05) is 50.2 Å². The third-order valence-corrected chi connectivity index (χ3v) is 9.81. The lowest BCUT2D eigenvalue weighted by atomic mass is 10.0. The maximum absolute atomic E-state index is 14.7. The van der Waals surface area contributed by atoms with Crippen molar-refractivity contribution in [1.29, 1.82) is 0 Å². The lowest BCUT2D eigenvalue weighted by Crippen LogP contribution is -2.54. The zero-order valence-electron chi connectivity index (χ0n) is 28.0. The zero-order chi connectivity index (χ0) is 34.7. The highest BCUT2D eigenvalue weighted by Gasteiger charge is 2.35. The fourth-order valence-corrected chi connectivity index (χ4v) is 6.62. The summed E-state index contributed by atoms with van der Waals surface area (Å²) in [6.07, 6.45) is 0.899. The summed E-state index contributed by atoms with van der Waals surface area (Å²) in [4.78, 5) is 30.2. The number of carbonyl (C=O) groups excluding carboxylic acids is 2. The molecule has 0 aromatic heterocycles. The molecule has 4 aromatic carbocycles. The molecule has 48 heavy (non-hydrogen) atoms. The number of methoxy groups -OCH3 is 3. The molecule has 0 unspecified atom stereocenters. The fraction of sp³-hybridized carbons (Fsp3) is 0.297. The predicted octanol–water partition coefficient (Wildman–Crippen LogP) is 5.46. The number of amides is 2. The van der Waals surface area contributed by atoms with E-state index in [0.29, 0.717) is 29.2 Å². The lowest BCUT2D eigenvalue weighted by molar-refractivity contribution is -0.140. The molecule has 4 aromatic rings. The van der Waals surface area contributed by atoms with Crippen LogP contribution in [0.25, 0.3) is 0 Å². The van der Waals surface area contributed by atoms with Crippen molar-refractivity contribution in [2.24, 2.45) is 0 Å². The Bertz CT molecular complexity index is 1770. The van der Waals surface area contributed by atoms with E-state index in [1.54, 1.807) is 55.6 Å². The average Bonchev–Trinajstić information content (AvgIpc) is 3.12. The maximum Gasteiger partial charge on any atom is 0.264 e. The Morgan fingerprint density at radius 2 is 1.42 bits per heavy atom. The van der Waals surface area contributed by atoms with Crippen molar-refractivity contribution in [2.75, 3.05) is 32.2 Å². The molecule has 0 radical (unpaired) electrons. The van der Waals surface area contributed by atoms with Gasteiger partial charge in [0.05, 0.1) is 31.9 Å². The van der Waals surface area contributed by atoms with Gasteiger partial charge in [-0.05, 0) is 60.9 Å². The number of anilines is 1. The van der Waals surface area contributed by atoms with Gasteiger partial charge in [-0.25, -0.2) is 8.42 Å². The average molecular weight is 674 g/mol. The van der Waals surface area contributed by atoms with Crippen molar-refractivity contribution in [3.05, 3.63) is 114 Å². The highest BCUT2D eigenvalue weighted by atomic mass is 32.2. The Balaban J connectivity index is 1.85. The van der Waals surface area contributed by atoms with Gasteiger partial charge in [-0.15, -0.1) is 0 Å². The van der Waals surface area contributed by atoms with Crippen molar-refractivity contribution < 1.29 is 32.2 Å². The van der Waals surface area contributed by atoms with Crippen LogP contribution in [0.3, 0.4) is 0 Å². The van der Waals surface area contributed by atoms with E-state index >= 15 is 0 Å². The first-order valence-corrected chi connectivity index (χ1v) is 17.1. The first-order valence-electron chi connectivity index (χ1n) is 15.7. The molecule has 2 atom stereocenters. The Labute approximate surface area is 283 Å². The minimum absolute atomic E-state index is 0.00211. The van der Waals surface area contributed by atoms with Crippen LogP contribution in [-0.4, -0.2) is 65.1 Å². The van der Waals surface area contributed by atoms with Gasteiger partial charge in [-0.1, -0.05) is 67.6 Å². The molecule has 0 saturated carbocycles. The summed E-state index contributed by atoms with van der Waals surface area (Å²) in [6.45, 7) is 3.29. The van der Waals surface area contributed by atoms with Crippen LogP contribution in [-0.2, 0) is 32.6 Å². The molecule has 0 saturated heterocycles. The summed E-state index contributed by atoms with van der Waals surface area (Å²) in [5.41, 5.74) is 1.74. The molecule has 0 aliphatic carbocycles. The summed E-state index contributed by atoms with van der Waals surface area (Å²) >= 11 is 0. The molecule has 0 bridgehead atoms. The van der Waals surface area contributed by atoms with Crippen molar-refractivity contribution in [3.63, 3.8) is 0 Å². The number of rotatable bonds is 16. The van der Waals surface area contributed by atoms with Gasteiger partial charge in [0, 0.05) is 25.1 Å². The van der Waals surface area contributed by atoms with E-state index in [4.69, 9.17) is 14.2 Å². The SMILES string of the molecule is CC[C@H](C)NC(=O)[C@H](Cc1ccccc1)N(Cc1cccc(OC)c1)C(=O)CN(c1ccc(OC)c(OC)c1)S(=O)(=O)c1ccccc1. The molecule has 2 amide bonds. The van der Waals surface area contributed by atoms with Gasteiger partial charge in [0.15, 0.2) is 11.5 Å². The number of nitrogens with one attached hydrogen (secondary N) is 1. The Hall–Kier alpha value is -5.03. The van der Waals surface area contributed by atoms with Gasteiger partial charge < -0.3 is 24.4 Å². The Morgan fingerprint density at radius 3 is 2.04 bits per heavy atom. The fourth-order valence-electron chi connectivity index (χ4n) is 5.19. The molecule has 0 aliphatic rings. The maximum atomic E-state index is 14.7. The molecule has 10 nitrogen and oxygen atoms in total. The number of hydrogen-bond acceptors (Lipinski definition) is 7. The molecule has 0 fully saturated rings. The summed E-state index contributed by atoms with van der Waals surface area (Å²) in [6, 6.07) is 28.1. The molecule has 4 rings (SSSR count). The predicted molar refractivity (Wildman–Crippen MR) is 186 cm³/mol. The smallest absolute Gasteiger partial charge is 0.264 e. The second-order valence-corrected chi connectivity index (χ2v) is 13.1. The Morgan fingerprint density at radius 1 is 0.771 bits per heavy atom. The second kappa shape index (κ2) is 16.7. The highest BCUT2D eigenvalue weighted by molar-refractivity contribution is 7.92. The minimum Gasteiger partial charge on any atom is -0.497 e. The summed E-state index contributed by atoms with van der Waals surface area (Å²) < 4.78 is 45.8. The summed E-state index contributed by atoms with van der Waals surface area (Å²) in [7, 11) is 0.208. The van der Waals surface area contributed by atoms with Crippen LogP contribution >= 0.6 is 0 Å². The highest BCUT2D eigenvalue weighted by Crippen LogP contribution is 2.34. The van der Waals surface area contributed by atoms with Crippen LogP contribution in [0.5, 0.6) is 17.2 Å². The van der Waals surface area contributed by atoms with E-state index in [-0.39, 0.29) is 35.5 Å². The molecule has 11 heteroatoms. The van der Waals surface area contributed by atoms with Crippen LogP contribution in [0.2, 0.25) is 0 Å². The number of ether oxygens (including phenoxy) is 3. The topological polar surface area (TPSA) is 114 Å². The molecular weight excluding hydrogens is 630 g/mol. The van der Waals surface area contributed by atoms with Crippen molar-refractivity contribution in [3.8, 4) is 17.2 Å². The molecule has 0 aliphatic heterocycles. The molecule has 1 N–H and O–H groups in total. The van der Waals surface area contributed by atoms with E-state index < -0.39 is 28.5 Å². The first-order chi connectivity index (χ1) is 23.1. The van der Waals surface area contributed by atoms with E-state index in [9.17, 15) is 18.0 Å². The number of sulfonamides is 1. The van der Waals surface area contributed by atoms with Gasteiger partial charge >= 0.3 is 0 Å². The number of hydrogen-bond donors (Lipinski definition) is 1. The van der Waals surface area contributed by atoms with Crippen molar-refractivity contribution in [2.45, 2.75) is 50.2 Å². The van der Waals surface area contributed by atoms with E-state index in [2.05, 4.69) is 5.32 Å². The van der Waals surface area contributed by atoms with Gasteiger partial charge in [0.1, 0.15) is 18.3 Å². The Kier molecular flexibility index (Phi) is 12.5. The molecule has 0 spiro atoms. The van der Waals surface area contributed by atoms with Crippen molar-refractivity contribution in [1.82, 2.24) is 10.2 Å². The van der Waals surface area contributed by atoms with Crippen LogP contribution in [0.15, 0.2) is 108 Å². The number of carbonyl (C=O) groups is 2. The second-order valence-electron chi connectivity index (χ2n) is 11.3. The minimum atomic E-state index is -4.27. The summed E-state index contributed by atoms with van der Waals surface area (Å²) in [5.74, 6) is 0.357. The number of benzene rings is 4. The molecular formula is C37H43N3O7S. The van der Waals surface area contributed by atoms with E-state index in [0.717, 1.165) is 9.87 Å². The van der Waals surface area contributed by atoms with E-state index in [1.165, 1.54) is 37.3 Å². The molecule has 254 valence electrons. The van der Waals surface area contributed by atoms with Crippen LogP contribution in [0.1, 0.15) is 31.4 Å². The largest absolute Gasteiger partial charge is 0.497 e. The third kappa shape index (κ3) is 8.86.